The van der Waals surface area contributed by atoms with Crippen molar-refractivity contribution in [2.24, 2.45) is 0 Å². The van der Waals surface area contributed by atoms with Crippen LogP contribution in [0.3, 0.4) is 0 Å². The fourth-order valence-corrected chi connectivity index (χ4v) is 2.80. The number of nitrogens with zero attached hydrogens (tertiary/aromatic N) is 2. The van der Waals surface area contributed by atoms with Crippen molar-refractivity contribution in [3.05, 3.63) is 45.9 Å². The van der Waals surface area contributed by atoms with Gasteiger partial charge in [0.1, 0.15) is 11.4 Å². The highest BCUT2D eigenvalue weighted by atomic mass is 16.6. The number of aromatic amines is 1. The summed E-state index contributed by atoms with van der Waals surface area (Å²) in [6.07, 6.45) is 0.196. The molecule has 1 aliphatic heterocycles. The summed E-state index contributed by atoms with van der Waals surface area (Å²) in [5.74, 6) is 0.726. The molecule has 134 valence electrons. The summed E-state index contributed by atoms with van der Waals surface area (Å²) < 4.78 is 12.0. The Kier molecular flexibility index (Phi) is 4.32. The third-order valence-corrected chi connectivity index (χ3v) is 4.04. The molecular weight excluding hydrogens is 322 g/mol. The molecule has 0 spiro atoms. The lowest BCUT2D eigenvalue weighted by molar-refractivity contribution is 0.0223. The Morgan fingerprint density at radius 1 is 1.20 bits per heavy atom. The summed E-state index contributed by atoms with van der Waals surface area (Å²) in [6, 6.07) is 7.23. The third-order valence-electron chi connectivity index (χ3n) is 4.04. The number of fused-ring (bicyclic) bond motifs is 1. The molecule has 1 aliphatic rings. The van der Waals surface area contributed by atoms with Crippen molar-refractivity contribution >= 4 is 6.09 Å². The average Bonchev–Trinajstić information content (AvgIpc) is 2.90. The van der Waals surface area contributed by atoms with Gasteiger partial charge in [0.15, 0.2) is 0 Å². The molecule has 0 unspecified atom stereocenters. The molecule has 1 N–H and O–H groups in total. The van der Waals surface area contributed by atoms with Crippen LogP contribution in [0.25, 0.3) is 5.69 Å². The lowest BCUT2D eigenvalue weighted by Gasteiger charge is -2.29. The summed E-state index contributed by atoms with van der Waals surface area (Å²) in [5, 5.41) is 3.15. The molecule has 0 fully saturated rings. The number of hydrogen-bond donors (Lipinski definition) is 1. The van der Waals surface area contributed by atoms with Crippen LogP contribution in [0.5, 0.6) is 5.75 Å². The number of methoxy groups -OCH3 is 1. The summed E-state index contributed by atoms with van der Waals surface area (Å²) >= 11 is 0. The molecule has 1 aromatic heterocycles. The van der Waals surface area contributed by atoms with E-state index in [0.29, 0.717) is 18.5 Å². The van der Waals surface area contributed by atoms with E-state index in [1.54, 1.807) is 24.1 Å². The largest absolute Gasteiger partial charge is 0.497 e. The number of carbonyl (C=O) groups is 1. The molecule has 25 heavy (non-hydrogen) atoms. The van der Waals surface area contributed by atoms with Gasteiger partial charge in [-0.05, 0) is 45.0 Å². The van der Waals surface area contributed by atoms with Crippen LogP contribution in [0.15, 0.2) is 29.1 Å². The summed E-state index contributed by atoms with van der Waals surface area (Å²) in [7, 11) is 1.60. The molecule has 1 aromatic carbocycles. The highest BCUT2D eigenvalue weighted by Gasteiger charge is 2.29. The van der Waals surface area contributed by atoms with E-state index >= 15 is 0 Å². The summed E-state index contributed by atoms with van der Waals surface area (Å²) in [6.45, 7) is 6.25. The number of hydrogen-bond acceptors (Lipinski definition) is 4. The maximum Gasteiger partial charge on any atom is 0.410 e. The van der Waals surface area contributed by atoms with Gasteiger partial charge < -0.3 is 14.4 Å². The van der Waals surface area contributed by atoms with Crippen molar-refractivity contribution in [2.75, 3.05) is 13.7 Å². The van der Waals surface area contributed by atoms with Crippen molar-refractivity contribution in [1.82, 2.24) is 14.7 Å². The van der Waals surface area contributed by atoms with E-state index in [4.69, 9.17) is 9.47 Å². The number of amides is 1. The number of aromatic nitrogens is 2. The zero-order valence-corrected chi connectivity index (χ0v) is 15.0. The molecule has 7 heteroatoms. The Labute approximate surface area is 146 Å². The van der Waals surface area contributed by atoms with Crippen LogP contribution in [0, 0.1) is 0 Å². The molecule has 1 amide bonds. The summed E-state index contributed by atoms with van der Waals surface area (Å²) in [5.41, 5.74) is 1.49. The average molecular weight is 345 g/mol. The highest BCUT2D eigenvalue weighted by molar-refractivity contribution is 5.68. The van der Waals surface area contributed by atoms with Crippen LogP contribution < -0.4 is 10.3 Å². The van der Waals surface area contributed by atoms with Crippen LogP contribution >= 0.6 is 0 Å². The first kappa shape index (κ1) is 17.1. The smallest absolute Gasteiger partial charge is 0.410 e. The monoisotopic (exact) mass is 345 g/mol. The normalized spacial score (nSPS) is 14.2. The van der Waals surface area contributed by atoms with Crippen LogP contribution in [0.2, 0.25) is 0 Å². The number of ether oxygens (including phenoxy) is 2. The van der Waals surface area contributed by atoms with Gasteiger partial charge in [-0.15, -0.1) is 0 Å². The highest BCUT2D eigenvalue weighted by Crippen LogP contribution is 2.19. The maximum atomic E-state index is 12.7. The predicted molar refractivity (Wildman–Crippen MR) is 93.3 cm³/mol. The molecule has 0 atom stereocenters. The molecule has 0 aliphatic carbocycles. The van der Waals surface area contributed by atoms with Crippen LogP contribution in [-0.2, 0) is 17.7 Å². The lowest BCUT2D eigenvalue weighted by atomic mass is 10.1. The second-order valence-corrected chi connectivity index (χ2v) is 7.06. The van der Waals surface area contributed by atoms with Crippen molar-refractivity contribution in [3.63, 3.8) is 0 Å². The second-order valence-electron chi connectivity index (χ2n) is 7.06. The number of benzene rings is 1. The standard InChI is InChI=1S/C18H23N3O4/c1-18(2,3)25-17(23)20-10-9-15-14(11-20)16(22)21(19-15)12-5-7-13(24-4)8-6-12/h5-8,19H,9-11H2,1-4H3. The van der Waals surface area contributed by atoms with E-state index in [1.165, 1.54) is 4.68 Å². The first-order chi connectivity index (χ1) is 11.8. The Morgan fingerprint density at radius 3 is 2.48 bits per heavy atom. The number of rotatable bonds is 2. The van der Waals surface area contributed by atoms with Gasteiger partial charge in [-0.2, -0.15) is 0 Å². The minimum absolute atomic E-state index is 0.145. The van der Waals surface area contributed by atoms with Gasteiger partial charge in [-0.3, -0.25) is 9.89 Å². The van der Waals surface area contributed by atoms with Crippen molar-refractivity contribution in [2.45, 2.75) is 39.3 Å². The van der Waals surface area contributed by atoms with Gasteiger partial charge in [-0.1, -0.05) is 0 Å². The molecule has 2 heterocycles. The Hall–Kier alpha value is -2.70. The Balaban J connectivity index is 1.85. The molecule has 0 saturated carbocycles. The summed E-state index contributed by atoms with van der Waals surface area (Å²) in [4.78, 5) is 26.6. The zero-order valence-electron chi connectivity index (χ0n) is 15.0. The Bertz CT molecular complexity index is 827. The van der Waals surface area contributed by atoms with Crippen molar-refractivity contribution in [3.8, 4) is 11.4 Å². The van der Waals surface area contributed by atoms with Gasteiger partial charge in [-0.25, -0.2) is 9.48 Å². The van der Waals surface area contributed by atoms with E-state index in [2.05, 4.69) is 5.10 Å². The Morgan fingerprint density at radius 2 is 1.88 bits per heavy atom. The maximum absolute atomic E-state index is 12.7. The zero-order chi connectivity index (χ0) is 18.2. The molecule has 0 bridgehead atoms. The molecule has 7 nitrogen and oxygen atoms in total. The molecule has 2 aromatic rings. The number of carbonyl (C=O) groups excluding carboxylic acids is 1. The fraction of sp³-hybridized carbons (Fsp3) is 0.444. The number of nitrogens with one attached hydrogen (secondary N) is 1. The van der Waals surface area contributed by atoms with Crippen LogP contribution in [0.4, 0.5) is 4.79 Å². The first-order valence-electron chi connectivity index (χ1n) is 8.23. The van der Waals surface area contributed by atoms with Gasteiger partial charge >= 0.3 is 6.09 Å². The van der Waals surface area contributed by atoms with E-state index in [0.717, 1.165) is 17.1 Å². The van der Waals surface area contributed by atoms with Crippen molar-refractivity contribution < 1.29 is 14.3 Å². The van der Waals surface area contributed by atoms with E-state index in [-0.39, 0.29) is 12.1 Å². The molecule has 0 radical (unpaired) electrons. The number of H-pyrrole nitrogens is 1. The van der Waals surface area contributed by atoms with E-state index in [1.807, 2.05) is 32.9 Å². The lowest BCUT2D eigenvalue weighted by Crippen LogP contribution is -2.40. The SMILES string of the molecule is COc1ccc(-n2[nH]c3c(c2=O)CN(C(=O)OC(C)(C)C)CC3)cc1. The fourth-order valence-electron chi connectivity index (χ4n) is 2.80. The van der Waals surface area contributed by atoms with Gasteiger partial charge in [0.2, 0.25) is 0 Å². The topological polar surface area (TPSA) is 76.6 Å². The minimum Gasteiger partial charge on any atom is -0.497 e. The van der Waals surface area contributed by atoms with Gasteiger partial charge in [0.05, 0.1) is 24.9 Å². The minimum atomic E-state index is -0.557. The van der Waals surface area contributed by atoms with E-state index in [9.17, 15) is 9.59 Å². The van der Waals surface area contributed by atoms with Crippen LogP contribution in [-0.4, -0.2) is 40.0 Å². The van der Waals surface area contributed by atoms with Gasteiger partial charge in [0.25, 0.3) is 5.56 Å². The second kappa shape index (κ2) is 6.31. The van der Waals surface area contributed by atoms with E-state index < -0.39 is 11.7 Å². The quantitative estimate of drug-likeness (QED) is 0.907. The molecule has 0 saturated heterocycles. The molecular formula is C18H23N3O4. The third kappa shape index (κ3) is 3.55. The van der Waals surface area contributed by atoms with Crippen LogP contribution in [0.1, 0.15) is 32.0 Å². The van der Waals surface area contributed by atoms with Gasteiger partial charge in [0, 0.05) is 18.7 Å². The van der Waals surface area contributed by atoms with Crippen molar-refractivity contribution in [1.29, 1.82) is 0 Å². The molecule has 3 rings (SSSR count). The first-order valence-corrected chi connectivity index (χ1v) is 8.23. The predicted octanol–water partition coefficient (Wildman–Crippen LogP) is 2.47.